The molecule has 2 N–H and O–H groups in total. The van der Waals surface area contributed by atoms with Crippen molar-refractivity contribution < 1.29 is 0 Å². The number of anilines is 1. The number of thiazole rings is 1. The zero-order valence-electron chi connectivity index (χ0n) is 7.60. The molecule has 1 aromatic heterocycles. The number of aromatic nitrogens is 1. The van der Waals surface area contributed by atoms with Crippen molar-refractivity contribution in [1.82, 2.24) is 4.98 Å². The summed E-state index contributed by atoms with van der Waals surface area (Å²) in [5, 5.41) is 1.76. The van der Waals surface area contributed by atoms with Gasteiger partial charge in [0.25, 0.3) is 0 Å². The fourth-order valence-corrected chi connectivity index (χ4v) is 3.17. The molecule has 0 spiro atoms. The lowest BCUT2D eigenvalue weighted by molar-refractivity contribution is 1.42. The number of nitrogen functional groups attached to an aromatic ring is 1. The first-order valence-electron chi connectivity index (χ1n) is 4.05. The quantitative estimate of drug-likeness (QED) is 0.594. The van der Waals surface area contributed by atoms with E-state index in [0.29, 0.717) is 25.8 Å². The zero-order chi connectivity index (χ0) is 11.9. The van der Waals surface area contributed by atoms with Crippen molar-refractivity contribution >= 4 is 62.9 Å². The summed E-state index contributed by atoms with van der Waals surface area (Å²) in [5.74, 6) is 0. The number of hydrogen-bond acceptors (Lipinski definition) is 3. The Bertz CT molecular complexity index is 553. The zero-order valence-corrected chi connectivity index (χ0v) is 11.4. The van der Waals surface area contributed by atoms with E-state index >= 15 is 0 Å². The van der Waals surface area contributed by atoms with Crippen LogP contribution in [0.3, 0.4) is 0 Å². The van der Waals surface area contributed by atoms with Gasteiger partial charge in [0, 0.05) is 11.8 Å². The summed E-state index contributed by atoms with van der Waals surface area (Å²) >= 11 is 25.2. The molecule has 0 fully saturated rings. The van der Waals surface area contributed by atoms with E-state index in [4.69, 9.17) is 52.1 Å². The summed E-state index contributed by atoms with van der Waals surface area (Å²) < 4.78 is 0. The summed E-state index contributed by atoms with van der Waals surface area (Å²) in [6, 6.07) is 1.54. The Labute approximate surface area is 116 Å². The van der Waals surface area contributed by atoms with Gasteiger partial charge in [-0.1, -0.05) is 57.7 Å². The maximum atomic E-state index is 6.08. The second-order valence-electron chi connectivity index (χ2n) is 2.91. The van der Waals surface area contributed by atoms with E-state index in [9.17, 15) is 0 Å². The van der Waals surface area contributed by atoms with Gasteiger partial charge in [-0.05, 0) is 6.07 Å². The SMILES string of the molecule is Nc1ncc(-c2c(Cl)cc(Cl)c(Cl)c2Cl)s1. The van der Waals surface area contributed by atoms with Gasteiger partial charge in [-0.25, -0.2) is 4.98 Å². The standard InChI is InChI=1S/C9H4Cl4N2S/c10-3-1-4(11)7(12)8(13)6(3)5-2-15-9(14)16-5/h1-2H,(H2,14,15). The number of nitrogens with two attached hydrogens (primary N) is 1. The summed E-state index contributed by atoms with van der Waals surface area (Å²) in [6.07, 6.45) is 1.59. The van der Waals surface area contributed by atoms with Gasteiger partial charge in [0.2, 0.25) is 0 Å². The molecule has 0 saturated carbocycles. The Morgan fingerprint density at radius 1 is 1.06 bits per heavy atom. The molecule has 1 heterocycles. The van der Waals surface area contributed by atoms with Crippen LogP contribution in [0.25, 0.3) is 10.4 Å². The Morgan fingerprint density at radius 3 is 2.31 bits per heavy atom. The van der Waals surface area contributed by atoms with E-state index in [2.05, 4.69) is 4.98 Å². The third-order valence-electron chi connectivity index (χ3n) is 1.88. The van der Waals surface area contributed by atoms with Crippen molar-refractivity contribution in [2.75, 3.05) is 5.73 Å². The molecule has 0 atom stereocenters. The first-order chi connectivity index (χ1) is 7.50. The highest BCUT2D eigenvalue weighted by Crippen LogP contribution is 2.44. The van der Waals surface area contributed by atoms with E-state index in [1.807, 2.05) is 0 Å². The van der Waals surface area contributed by atoms with E-state index in [0.717, 1.165) is 4.88 Å². The Hall–Kier alpha value is -0.190. The second kappa shape index (κ2) is 4.59. The fourth-order valence-electron chi connectivity index (χ4n) is 1.20. The van der Waals surface area contributed by atoms with Crippen LogP contribution in [0.1, 0.15) is 0 Å². The van der Waals surface area contributed by atoms with Crippen LogP contribution in [0.5, 0.6) is 0 Å². The maximum Gasteiger partial charge on any atom is 0.180 e. The van der Waals surface area contributed by atoms with Gasteiger partial charge in [-0.3, -0.25) is 0 Å². The van der Waals surface area contributed by atoms with Crippen LogP contribution in [0, 0.1) is 0 Å². The number of benzene rings is 1. The summed E-state index contributed by atoms with van der Waals surface area (Å²) in [4.78, 5) is 4.69. The molecule has 2 nitrogen and oxygen atoms in total. The Balaban J connectivity index is 2.70. The van der Waals surface area contributed by atoms with Gasteiger partial charge in [0.15, 0.2) is 5.13 Å². The number of hydrogen-bond donors (Lipinski definition) is 1. The molecular formula is C9H4Cl4N2S. The van der Waals surface area contributed by atoms with Gasteiger partial charge < -0.3 is 5.73 Å². The van der Waals surface area contributed by atoms with Crippen molar-refractivity contribution in [2.24, 2.45) is 0 Å². The highest BCUT2D eigenvalue weighted by Gasteiger charge is 2.17. The van der Waals surface area contributed by atoms with Crippen molar-refractivity contribution in [1.29, 1.82) is 0 Å². The molecule has 0 aliphatic carbocycles. The smallest absolute Gasteiger partial charge is 0.180 e. The van der Waals surface area contributed by atoms with Crippen LogP contribution in [0.4, 0.5) is 5.13 Å². The molecule has 84 valence electrons. The minimum atomic E-state index is 0.273. The van der Waals surface area contributed by atoms with Crippen LogP contribution in [-0.4, -0.2) is 4.98 Å². The van der Waals surface area contributed by atoms with Gasteiger partial charge >= 0.3 is 0 Å². The molecule has 7 heteroatoms. The van der Waals surface area contributed by atoms with Crippen molar-refractivity contribution in [2.45, 2.75) is 0 Å². The predicted molar refractivity (Wildman–Crippen MR) is 72.0 cm³/mol. The van der Waals surface area contributed by atoms with Crippen molar-refractivity contribution in [3.8, 4) is 10.4 Å². The third-order valence-corrected chi connectivity index (χ3v) is 4.29. The maximum absolute atomic E-state index is 6.08. The van der Waals surface area contributed by atoms with Gasteiger partial charge in [-0.15, -0.1) is 0 Å². The van der Waals surface area contributed by atoms with Crippen LogP contribution in [-0.2, 0) is 0 Å². The molecule has 0 bridgehead atoms. The lowest BCUT2D eigenvalue weighted by Crippen LogP contribution is -1.81. The van der Waals surface area contributed by atoms with Gasteiger partial charge in [0.05, 0.1) is 25.0 Å². The number of halogens is 4. The first kappa shape index (κ1) is 12.3. The van der Waals surface area contributed by atoms with E-state index in [-0.39, 0.29) is 5.02 Å². The second-order valence-corrected chi connectivity index (χ2v) is 5.54. The fraction of sp³-hybridized carbons (Fsp3) is 0. The van der Waals surface area contributed by atoms with Crippen molar-refractivity contribution in [3.63, 3.8) is 0 Å². The topological polar surface area (TPSA) is 38.9 Å². The molecule has 1 aromatic carbocycles. The third kappa shape index (κ3) is 2.11. The summed E-state index contributed by atoms with van der Waals surface area (Å²) in [5.41, 5.74) is 6.15. The number of nitrogens with zero attached hydrogens (tertiary/aromatic N) is 1. The Kier molecular flexibility index (Phi) is 3.52. The highest BCUT2D eigenvalue weighted by molar-refractivity contribution is 7.18. The summed E-state index contributed by atoms with van der Waals surface area (Å²) in [6.45, 7) is 0. The van der Waals surface area contributed by atoms with Crippen molar-refractivity contribution in [3.05, 3.63) is 32.4 Å². The molecule has 0 radical (unpaired) electrons. The minimum Gasteiger partial charge on any atom is -0.375 e. The van der Waals surface area contributed by atoms with Crippen LogP contribution in [0.2, 0.25) is 20.1 Å². The van der Waals surface area contributed by atoms with E-state index in [1.165, 1.54) is 11.3 Å². The average molecular weight is 314 g/mol. The lowest BCUT2D eigenvalue weighted by Gasteiger charge is -2.07. The van der Waals surface area contributed by atoms with Crippen LogP contribution >= 0.6 is 57.7 Å². The monoisotopic (exact) mass is 312 g/mol. The number of rotatable bonds is 1. The largest absolute Gasteiger partial charge is 0.375 e. The molecule has 16 heavy (non-hydrogen) atoms. The first-order valence-corrected chi connectivity index (χ1v) is 6.38. The average Bonchev–Trinajstić information content (AvgIpc) is 2.61. The molecule has 0 saturated heterocycles. The molecule has 2 rings (SSSR count). The van der Waals surface area contributed by atoms with Crippen LogP contribution < -0.4 is 5.73 Å². The van der Waals surface area contributed by atoms with Gasteiger partial charge in [-0.2, -0.15) is 0 Å². The molecule has 2 aromatic rings. The Morgan fingerprint density at radius 2 is 1.75 bits per heavy atom. The molecule has 0 aliphatic heterocycles. The predicted octanol–water partition coefficient (Wildman–Crippen LogP) is 5.01. The normalized spacial score (nSPS) is 10.8. The molecule has 0 aliphatic rings. The summed E-state index contributed by atoms with van der Waals surface area (Å²) in [7, 11) is 0. The molecule has 0 amide bonds. The van der Waals surface area contributed by atoms with E-state index < -0.39 is 0 Å². The minimum absolute atomic E-state index is 0.273. The molecule has 0 unspecified atom stereocenters. The van der Waals surface area contributed by atoms with Gasteiger partial charge in [0.1, 0.15) is 0 Å². The molecular weight excluding hydrogens is 310 g/mol. The van der Waals surface area contributed by atoms with E-state index in [1.54, 1.807) is 12.3 Å². The lowest BCUT2D eigenvalue weighted by atomic mass is 10.2. The highest BCUT2D eigenvalue weighted by atomic mass is 35.5. The van der Waals surface area contributed by atoms with Crippen LogP contribution in [0.15, 0.2) is 12.3 Å².